The van der Waals surface area contributed by atoms with Crippen LogP contribution in [0.3, 0.4) is 0 Å². The molecule has 1 aromatic heterocycles. The van der Waals surface area contributed by atoms with Crippen molar-refractivity contribution in [2.75, 3.05) is 13.4 Å². The Morgan fingerprint density at radius 3 is 2.70 bits per heavy atom. The summed E-state index contributed by atoms with van der Waals surface area (Å²) in [5.74, 6) is 0.648. The van der Waals surface area contributed by atoms with Crippen LogP contribution in [0, 0.1) is 0 Å². The summed E-state index contributed by atoms with van der Waals surface area (Å²) in [5.41, 5.74) is 2.25. The van der Waals surface area contributed by atoms with E-state index in [9.17, 15) is 0 Å². The molecular formula is C15H14N2OS2. The average molecular weight is 302 g/mol. The Balaban J connectivity index is 1.99. The van der Waals surface area contributed by atoms with Crippen molar-refractivity contribution in [3.63, 3.8) is 0 Å². The molecule has 0 N–H and O–H groups in total. The third-order valence-corrected chi connectivity index (χ3v) is 4.80. The van der Waals surface area contributed by atoms with Gasteiger partial charge in [-0.25, -0.2) is 4.98 Å². The van der Waals surface area contributed by atoms with Crippen LogP contribution in [-0.4, -0.2) is 23.3 Å². The molecule has 0 radical (unpaired) electrons. The second-order valence-corrected chi connectivity index (χ2v) is 6.15. The summed E-state index contributed by atoms with van der Waals surface area (Å²) in [6, 6.07) is 10.4. The van der Waals surface area contributed by atoms with Gasteiger partial charge in [0.25, 0.3) is 0 Å². The Kier molecular flexibility index (Phi) is 3.98. The molecular weight excluding hydrogens is 288 g/mol. The first kappa shape index (κ1) is 13.5. The molecule has 0 spiro atoms. The van der Waals surface area contributed by atoms with Crippen molar-refractivity contribution in [3.05, 3.63) is 47.5 Å². The van der Waals surface area contributed by atoms with Crippen LogP contribution in [0.4, 0.5) is 0 Å². The number of rotatable bonds is 3. The summed E-state index contributed by atoms with van der Waals surface area (Å²) in [6.45, 7) is 0. The largest absolute Gasteiger partial charge is 0.480 e. The first-order valence-electron chi connectivity index (χ1n) is 6.21. The highest BCUT2D eigenvalue weighted by Crippen LogP contribution is 2.44. The van der Waals surface area contributed by atoms with Crippen LogP contribution in [0.15, 0.2) is 46.6 Å². The second-order valence-electron chi connectivity index (χ2n) is 4.25. The third kappa shape index (κ3) is 2.55. The quantitative estimate of drug-likeness (QED) is 0.485. The molecule has 3 rings (SSSR count). The Morgan fingerprint density at radius 2 is 2.00 bits per heavy atom. The molecule has 0 aliphatic carbocycles. The maximum Gasteiger partial charge on any atom is 0.225 e. The minimum absolute atomic E-state index is 0.290. The van der Waals surface area contributed by atoms with E-state index in [1.54, 1.807) is 18.9 Å². The normalized spacial score (nSPS) is 16.8. The Labute approximate surface area is 126 Å². The number of benzene rings is 1. The molecule has 2 heterocycles. The van der Waals surface area contributed by atoms with Crippen molar-refractivity contribution < 1.29 is 4.74 Å². The number of hydrogen-bond donors (Lipinski definition) is 0. The van der Waals surface area contributed by atoms with Gasteiger partial charge in [-0.2, -0.15) is 4.98 Å². The van der Waals surface area contributed by atoms with Gasteiger partial charge in [-0.05, 0) is 17.9 Å². The van der Waals surface area contributed by atoms with Crippen LogP contribution in [0.1, 0.15) is 16.4 Å². The third-order valence-electron chi connectivity index (χ3n) is 3.04. The van der Waals surface area contributed by atoms with Crippen molar-refractivity contribution in [3.8, 4) is 5.88 Å². The highest BCUT2D eigenvalue weighted by atomic mass is 32.2. The summed E-state index contributed by atoms with van der Waals surface area (Å²) in [4.78, 5) is 8.99. The van der Waals surface area contributed by atoms with Crippen LogP contribution < -0.4 is 4.74 Å². The molecule has 20 heavy (non-hydrogen) atoms. The first-order chi connectivity index (χ1) is 9.81. The van der Waals surface area contributed by atoms with E-state index >= 15 is 0 Å². The summed E-state index contributed by atoms with van der Waals surface area (Å²) >= 11 is 3.27. The summed E-state index contributed by atoms with van der Waals surface area (Å²) in [7, 11) is 1.65. The number of nitrogens with zero attached hydrogens (tertiary/aromatic N) is 2. The van der Waals surface area contributed by atoms with E-state index < -0.39 is 0 Å². The zero-order valence-electron chi connectivity index (χ0n) is 11.2. The van der Waals surface area contributed by atoms with Gasteiger partial charge in [0.2, 0.25) is 5.88 Å². The number of hydrogen-bond acceptors (Lipinski definition) is 5. The van der Waals surface area contributed by atoms with E-state index in [0.717, 1.165) is 15.7 Å². The van der Waals surface area contributed by atoms with Gasteiger partial charge in [0.1, 0.15) is 5.03 Å². The number of ether oxygens (including phenoxy) is 1. The molecule has 2 aromatic rings. The molecule has 0 amide bonds. The Hall–Kier alpha value is -1.46. The fraction of sp³-hybridized carbons (Fsp3) is 0.200. The van der Waals surface area contributed by atoms with Gasteiger partial charge >= 0.3 is 0 Å². The minimum atomic E-state index is 0.290. The fourth-order valence-electron chi connectivity index (χ4n) is 2.06. The smallest absolute Gasteiger partial charge is 0.225 e. The molecule has 1 aliphatic rings. The maximum atomic E-state index is 5.37. The van der Waals surface area contributed by atoms with E-state index in [1.165, 1.54) is 17.3 Å². The molecule has 0 saturated carbocycles. The molecule has 102 valence electrons. The predicted octanol–water partition coefficient (Wildman–Crippen LogP) is 4.07. The van der Waals surface area contributed by atoms with Gasteiger partial charge in [-0.1, -0.05) is 59.9 Å². The van der Waals surface area contributed by atoms with Crippen LogP contribution in [0.2, 0.25) is 0 Å². The first-order valence-corrected chi connectivity index (χ1v) is 8.32. The van der Waals surface area contributed by atoms with Gasteiger partial charge < -0.3 is 4.74 Å². The van der Waals surface area contributed by atoms with Gasteiger partial charge in [0.15, 0.2) is 5.16 Å². The highest BCUT2D eigenvalue weighted by Gasteiger charge is 2.22. The Morgan fingerprint density at radius 1 is 1.20 bits per heavy atom. The molecule has 0 fully saturated rings. The molecule has 5 heteroatoms. The zero-order chi connectivity index (χ0) is 13.9. The van der Waals surface area contributed by atoms with E-state index in [0.29, 0.717) is 5.88 Å². The van der Waals surface area contributed by atoms with Gasteiger partial charge in [-0.15, -0.1) is 0 Å². The lowest BCUT2D eigenvalue weighted by Gasteiger charge is -2.20. The lowest BCUT2D eigenvalue weighted by Crippen LogP contribution is -2.03. The number of thioether (sulfide) groups is 2. The molecule has 1 unspecified atom stereocenters. The zero-order valence-corrected chi connectivity index (χ0v) is 12.9. The van der Waals surface area contributed by atoms with Crippen molar-refractivity contribution in [1.82, 2.24) is 9.97 Å². The summed E-state index contributed by atoms with van der Waals surface area (Å²) < 4.78 is 5.37. The van der Waals surface area contributed by atoms with Crippen LogP contribution >= 0.6 is 23.5 Å². The van der Waals surface area contributed by atoms with Crippen molar-refractivity contribution >= 4 is 29.6 Å². The monoisotopic (exact) mass is 302 g/mol. The van der Waals surface area contributed by atoms with Crippen molar-refractivity contribution in [2.45, 2.75) is 15.4 Å². The van der Waals surface area contributed by atoms with Crippen molar-refractivity contribution in [1.29, 1.82) is 0 Å². The second kappa shape index (κ2) is 5.89. The minimum Gasteiger partial charge on any atom is -0.480 e. The molecule has 1 atom stereocenters. The van der Waals surface area contributed by atoms with Crippen LogP contribution in [0.25, 0.3) is 6.08 Å². The number of aromatic nitrogens is 2. The standard InChI is InChI=1S/C15H14N2OS2/c1-18-13-11-8-9-12(10-6-4-3-5-7-10)20-14(11)17-15(16-13)19-2/h3-9,12H,1-2H3. The van der Waals surface area contributed by atoms with E-state index in [4.69, 9.17) is 4.74 Å². The average Bonchev–Trinajstić information content (AvgIpc) is 2.54. The van der Waals surface area contributed by atoms with E-state index in [-0.39, 0.29) is 5.25 Å². The molecule has 3 nitrogen and oxygen atoms in total. The van der Waals surface area contributed by atoms with Crippen LogP contribution in [-0.2, 0) is 0 Å². The molecule has 1 aliphatic heterocycles. The van der Waals surface area contributed by atoms with Gasteiger partial charge in [0.05, 0.1) is 17.9 Å². The Bertz CT molecular complexity index is 644. The summed E-state index contributed by atoms with van der Waals surface area (Å²) in [6.07, 6.45) is 6.21. The predicted molar refractivity (Wildman–Crippen MR) is 84.4 cm³/mol. The fourth-order valence-corrected chi connectivity index (χ4v) is 3.58. The van der Waals surface area contributed by atoms with Gasteiger partial charge in [0, 0.05) is 0 Å². The summed E-state index contributed by atoms with van der Waals surface area (Å²) in [5, 5.41) is 2.02. The molecule has 1 aromatic carbocycles. The molecule has 0 saturated heterocycles. The SMILES string of the molecule is COc1nc(SC)nc2c1C=CC(c1ccccc1)S2. The number of methoxy groups -OCH3 is 1. The van der Waals surface area contributed by atoms with Crippen LogP contribution in [0.5, 0.6) is 5.88 Å². The topological polar surface area (TPSA) is 35.0 Å². The number of fused-ring (bicyclic) bond motifs is 1. The van der Waals surface area contributed by atoms with E-state index in [2.05, 4.69) is 46.4 Å². The lowest BCUT2D eigenvalue weighted by atomic mass is 10.1. The van der Waals surface area contributed by atoms with Gasteiger partial charge in [-0.3, -0.25) is 0 Å². The molecule has 0 bridgehead atoms. The van der Waals surface area contributed by atoms with E-state index in [1.807, 2.05) is 12.3 Å². The maximum absolute atomic E-state index is 5.37. The van der Waals surface area contributed by atoms with Crippen molar-refractivity contribution in [2.24, 2.45) is 0 Å². The lowest BCUT2D eigenvalue weighted by molar-refractivity contribution is 0.388. The highest BCUT2D eigenvalue weighted by molar-refractivity contribution is 8.00.